The molecule has 9 heteroatoms. The summed E-state index contributed by atoms with van der Waals surface area (Å²) in [5.74, 6) is 0. The molecule has 0 radical (unpaired) electrons. The van der Waals surface area contributed by atoms with Gasteiger partial charge in [0.2, 0.25) is 0 Å². The highest BCUT2D eigenvalue weighted by atomic mass is 28.4. The van der Waals surface area contributed by atoms with Crippen molar-refractivity contribution in [1.82, 2.24) is 0 Å². The molecular weight excluding hydrogens is 432 g/mol. The molecule has 2 aromatic carbocycles. The smallest absolute Gasteiger partial charge is 0.391 e. The first-order valence-corrected chi connectivity index (χ1v) is 14.3. The molecular formula is C22H28O7Si2. The van der Waals surface area contributed by atoms with Crippen LogP contribution in [-0.4, -0.2) is 64.1 Å². The van der Waals surface area contributed by atoms with Gasteiger partial charge in [-0.15, -0.1) is 0 Å². The van der Waals surface area contributed by atoms with E-state index in [0.717, 1.165) is 11.6 Å². The third-order valence-electron chi connectivity index (χ3n) is 6.28. The highest BCUT2D eigenvalue weighted by Crippen LogP contribution is 2.43. The van der Waals surface area contributed by atoms with E-state index in [-0.39, 0.29) is 0 Å². The van der Waals surface area contributed by atoms with Crippen molar-refractivity contribution in [1.29, 1.82) is 0 Å². The third kappa shape index (κ3) is 3.54. The lowest BCUT2D eigenvalue weighted by Gasteiger charge is -2.35. The van der Waals surface area contributed by atoms with Crippen molar-refractivity contribution in [3.8, 4) is 0 Å². The molecule has 3 fully saturated rings. The van der Waals surface area contributed by atoms with Gasteiger partial charge in [-0.25, -0.2) is 0 Å². The Morgan fingerprint density at radius 2 is 1.52 bits per heavy atom. The fraction of sp³-hybridized carbons (Fsp3) is 0.455. The van der Waals surface area contributed by atoms with Crippen molar-refractivity contribution < 1.29 is 32.0 Å². The van der Waals surface area contributed by atoms with Gasteiger partial charge in [0.25, 0.3) is 0 Å². The largest absolute Gasteiger partial charge is 0.538 e. The van der Waals surface area contributed by atoms with Crippen LogP contribution in [0.1, 0.15) is 26.3 Å². The lowest BCUT2D eigenvalue weighted by atomic mass is 9.97. The van der Waals surface area contributed by atoms with Gasteiger partial charge in [0.05, 0.1) is 12.2 Å². The summed E-state index contributed by atoms with van der Waals surface area (Å²) in [6, 6.07) is 17.3. The Bertz CT molecular complexity index is 927. The van der Waals surface area contributed by atoms with Gasteiger partial charge in [0, 0.05) is 10.4 Å². The fourth-order valence-corrected chi connectivity index (χ4v) is 9.96. The lowest BCUT2D eigenvalue weighted by molar-refractivity contribution is -0.0741. The number of aryl methyl sites for hydroxylation is 1. The van der Waals surface area contributed by atoms with Crippen molar-refractivity contribution >= 4 is 28.0 Å². The van der Waals surface area contributed by atoms with Crippen LogP contribution >= 0.6 is 0 Å². The molecule has 3 heterocycles. The summed E-state index contributed by atoms with van der Waals surface area (Å²) < 4.78 is 31.2. The second-order valence-electron chi connectivity index (χ2n) is 8.45. The summed E-state index contributed by atoms with van der Waals surface area (Å²) >= 11 is 0. The van der Waals surface area contributed by atoms with Gasteiger partial charge in [-0.1, -0.05) is 61.5 Å². The van der Waals surface area contributed by atoms with Crippen LogP contribution < -0.4 is 10.4 Å². The van der Waals surface area contributed by atoms with Gasteiger partial charge >= 0.3 is 17.6 Å². The Kier molecular flexibility index (Phi) is 5.44. The van der Waals surface area contributed by atoms with Crippen LogP contribution in [0.25, 0.3) is 0 Å². The van der Waals surface area contributed by atoms with Gasteiger partial charge < -0.3 is 32.0 Å². The van der Waals surface area contributed by atoms with Crippen LogP contribution in [0.5, 0.6) is 0 Å². The Labute approximate surface area is 184 Å². The molecule has 3 aliphatic heterocycles. The number of aliphatic hydroxyl groups is 1. The second kappa shape index (κ2) is 7.87. The predicted molar refractivity (Wildman–Crippen MR) is 117 cm³/mol. The van der Waals surface area contributed by atoms with Crippen molar-refractivity contribution in [3.63, 3.8) is 0 Å². The van der Waals surface area contributed by atoms with Crippen molar-refractivity contribution in [2.45, 2.75) is 63.8 Å². The van der Waals surface area contributed by atoms with E-state index in [1.807, 2.05) is 61.5 Å². The molecule has 0 amide bonds. The maximum Gasteiger partial charge on any atom is 0.538 e. The van der Waals surface area contributed by atoms with Gasteiger partial charge in [0.15, 0.2) is 0 Å². The van der Waals surface area contributed by atoms with Crippen molar-refractivity contribution in [2.24, 2.45) is 0 Å². The Morgan fingerprint density at radius 3 is 2.16 bits per heavy atom. The van der Waals surface area contributed by atoms with E-state index < -0.39 is 54.2 Å². The summed E-state index contributed by atoms with van der Waals surface area (Å²) in [5, 5.41) is 11.9. The van der Waals surface area contributed by atoms with Gasteiger partial charge in [0.1, 0.15) is 24.4 Å². The number of aliphatic hydroxyl groups excluding tert-OH is 1. The molecule has 0 saturated carbocycles. The average Bonchev–Trinajstić information content (AvgIpc) is 3.45. The molecule has 2 N–H and O–H groups in total. The quantitative estimate of drug-likeness (QED) is 0.632. The Balaban J connectivity index is 1.43. The average molecular weight is 461 g/mol. The first kappa shape index (κ1) is 21.4. The van der Waals surface area contributed by atoms with E-state index in [0.29, 0.717) is 5.19 Å². The van der Waals surface area contributed by atoms with Crippen molar-refractivity contribution in [2.75, 3.05) is 0 Å². The zero-order valence-electron chi connectivity index (χ0n) is 17.8. The van der Waals surface area contributed by atoms with E-state index in [1.54, 1.807) is 6.92 Å². The molecule has 2 bridgehead atoms. The van der Waals surface area contributed by atoms with E-state index in [9.17, 15) is 9.90 Å². The molecule has 7 nitrogen and oxygen atoms in total. The van der Waals surface area contributed by atoms with E-state index in [1.165, 1.54) is 5.56 Å². The summed E-state index contributed by atoms with van der Waals surface area (Å²) in [6.07, 6.45) is -2.27. The summed E-state index contributed by atoms with van der Waals surface area (Å²) in [7, 11) is -6.79. The predicted octanol–water partition coefficient (Wildman–Crippen LogP) is 0.601. The van der Waals surface area contributed by atoms with Crippen LogP contribution in [0.2, 0.25) is 0 Å². The van der Waals surface area contributed by atoms with Crippen LogP contribution in [0.4, 0.5) is 0 Å². The summed E-state index contributed by atoms with van der Waals surface area (Å²) in [4.78, 5) is 11.3. The van der Waals surface area contributed by atoms with E-state index >= 15 is 0 Å². The first-order chi connectivity index (χ1) is 14.8. The van der Waals surface area contributed by atoms with E-state index in [4.69, 9.17) is 22.1 Å². The monoisotopic (exact) mass is 460 g/mol. The van der Waals surface area contributed by atoms with Crippen LogP contribution in [0, 0.1) is 0 Å². The molecule has 8 atom stereocenters. The fourth-order valence-electron chi connectivity index (χ4n) is 4.60. The topological polar surface area (TPSA) is 86.6 Å². The molecule has 8 unspecified atom stereocenters. The zero-order valence-corrected chi connectivity index (χ0v) is 19.8. The minimum absolute atomic E-state index is 0.396. The van der Waals surface area contributed by atoms with E-state index in [2.05, 4.69) is 6.92 Å². The standard InChI is InChI=1S/C22H28O7Si2/c1-4-16-10-12-17(13-11-16)30(24)25-15(3)20(26-30)22-21-19(14(2)23)27-31(28-21,29-22)18-8-6-5-7-9-18/h5-15,19-24H,4H2,1-3H3. The Morgan fingerprint density at radius 1 is 0.839 bits per heavy atom. The maximum atomic E-state index is 11.3. The molecule has 3 aliphatic rings. The summed E-state index contributed by atoms with van der Waals surface area (Å²) in [5.41, 5.74) is 1.18. The molecule has 0 spiro atoms. The summed E-state index contributed by atoms with van der Waals surface area (Å²) in [6.45, 7) is 5.65. The zero-order chi connectivity index (χ0) is 21.8. The maximum absolute atomic E-state index is 11.3. The number of fused-ring (bicyclic) bond motifs is 2. The van der Waals surface area contributed by atoms with Gasteiger partial charge in [-0.05, 0) is 25.8 Å². The number of benzene rings is 2. The molecule has 0 aromatic heterocycles. The van der Waals surface area contributed by atoms with Crippen LogP contribution in [-0.2, 0) is 28.6 Å². The normalized spacial score (nSPS) is 40.4. The molecule has 3 saturated heterocycles. The van der Waals surface area contributed by atoms with Crippen molar-refractivity contribution in [3.05, 3.63) is 60.2 Å². The van der Waals surface area contributed by atoms with Crippen LogP contribution in [0.3, 0.4) is 0 Å². The molecule has 31 heavy (non-hydrogen) atoms. The number of hydrogen-bond acceptors (Lipinski definition) is 7. The molecule has 5 rings (SSSR count). The number of rotatable bonds is 5. The van der Waals surface area contributed by atoms with Crippen LogP contribution in [0.15, 0.2) is 54.6 Å². The Hall–Kier alpha value is -1.41. The third-order valence-corrected chi connectivity index (χ3v) is 11.4. The first-order valence-electron chi connectivity index (χ1n) is 10.8. The molecule has 2 aromatic rings. The van der Waals surface area contributed by atoms with Gasteiger partial charge in [-0.3, -0.25) is 0 Å². The highest BCUT2D eigenvalue weighted by molar-refractivity contribution is 6.76. The molecule has 0 aliphatic carbocycles. The minimum Gasteiger partial charge on any atom is -0.391 e. The SMILES string of the molecule is CCc1ccc([Si]2(O)OC(C)C(C3O[Si]4(c5ccccc5)OC(C(C)O)C3O4)O2)cc1. The number of hydrogen-bond donors (Lipinski definition) is 2. The van der Waals surface area contributed by atoms with Gasteiger partial charge in [-0.2, -0.15) is 0 Å². The molecule has 166 valence electrons. The minimum atomic E-state index is -3.60. The second-order valence-corrected chi connectivity index (χ2v) is 13.1. The highest BCUT2D eigenvalue weighted by Gasteiger charge is 2.69. The lowest BCUT2D eigenvalue weighted by Crippen LogP contribution is -2.59.